The van der Waals surface area contributed by atoms with Crippen molar-refractivity contribution in [2.45, 2.75) is 12.0 Å². The van der Waals surface area contributed by atoms with E-state index in [0.29, 0.717) is 22.7 Å². The largest absolute Gasteiger partial charge is 0.507 e. The summed E-state index contributed by atoms with van der Waals surface area (Å²) in [5.74, 6) is -1.30. The topological polar surface area (TPSA) is 142 Å². The minimum atomic E-state index is -0.680. The van der Waals surface area contributed by atoms with Gasteiger partial charge < -0.3 is 44.0 Å². The number of aromatic hydroxyl groups is 2. The maximum Gasteiger partial charge on any atom is 0.341 e. The Bertz CT molecular complexity index is 1490. The molecule has 0 unspecified atom stereocenters. The molecule has 4 atom stereocenters. The van der Waals surface area contributed by atoms with Gasteiger partial charge in [0.15, 0.2) is 23.0 Å². The Morgan fingerprint density at radius 1 is 0.925 bits per heavy atom. The van der Waals surface area contributed by atoms with Gasteiger partial charge in [-0.2, -0.15) is 0 Å². The molecular weight excluding hydrogens is 522 g/mol. The van der Waals surface area contributed by atoms with Crippen LogP contribution in [0.1, 0.15) is 39.0 Å². The first kappa shape index (κ1) is 25.5. The molecule has 3 aromatic carbocycles. The molecule has 11 heteroatoms. The number of carbonyl (C=O) groups is 2. The fourth-order valence-electron chi connectivity index (χ4n) is 5.92. The third-order valence-corrected chi connectivity index (χ3v) is 7.77. The summed E-state index contributed by atoms with van der Waals surface area (Å²) >= 11 is 0. The van der Waals surface area contributed by atoms with Crippen molar-refractivity contribution < 1.29 is 48.2 Å². The van der Waals surface area contributed by atoms with Gasteiger partial charge in [0.05, 0.1) is 39.9 Å². The van der Waals surface area contributed by atoms with Crippen molar-refractivity contribution >= 4 is 17.6 Å². The molecule has 0 saturated carbocycles. The third kappa shape index (κ3) is 3.96. The average Bonchev–Trinajstić information content (AvgIpc) is 3.59. The molecule has 0 spiro atoms. The fourth-order valence-corrected chi connectivity index (χ4v) is 5.92. The summed E-state index contributed by atoms with van der Waals surface area (Å²) in [6.07, 6.45) is 0. The summed E-state index contributed by atoms with van der Waals surface area (Å²) in [4.78, 5) is 25.5. The Balaban J connectivity index is 1.52. The number of rotatable bonds is 6. The highest BCUT2D eigenvalue weighted by molar-refractivity contribution is 5.93. The van der Waals surface area contributed by atoms with Crippen molar-refractivity contribution in [3.8, 4) is 34.5 Å². The van der Waals surface area contributed by atoms with Crippen LogP contribution in [0.5, 0.6) is 34.5 Å². The average molecular weight is 550 g/mol. The second-order valence-corrected chi connectivity index (χ2v) is 9.75. The molecule has 0 radical (unpaired) electrons. The maximum absolute atomic E-state index is 13.3. The van der Waals surface area contributed by atoms with Crippen molar-refractivity contribution in [3.05, 3.63) is 64.7 Å². The molecule has 2 heterocycles. The van der Waals surface area contributed by atoms with Crippen molar-refractivity contribution in [2.75, 3.05) is 40.0 Å². The SMILES string of the molecule is COC(=O)c1cc(N[C@@H]2c3cc4c(cc3[C@@H](c3cc(OC)c(O)c(OC)c3)[C@H]3C(=O)OC[C@@H]32)OCO4)ccc1O. The molecular formula is C29H27NO10. The van der Waals surface area contributed by atoms with Crippen molar-refractivity contribution in [1.29, 1.82) is 0 Å². The van der Waals surface area contributed by atoms with Gasteiger partial charge in [0.25, 0.3) is 0 Å². The van der Waals surface area contributed by atoms with Gasteiger partial charge in [-0.25, -0.2) is 4.79 Å². The standard InChI is InChI=1S/C29H27NO10/c1-35-22-6-13(7-23(36-2)27(22)32)24-15-9-20-21(40-12-39-20)10-16(15)26(18-11-38-29(34)25(18)24)30-14-4-5-19(31)17(8-14)28(33)37-3/h4-10,18,24-26,30-32H,11-12H2,1-3H3/t18-,24+,25-,26+/m0/s1. The molecule has 2 aliphatic heterocycles. The molecule has 1 fully saturated rings. The lowest BCUT2D eigenvalue weighted by atomic mass is 9.65. The fraction of sp³-hybridized carbons (Fsp3) is 0.310. The molecule has 40 heavy (non-hydrogen) atoms. The summed E-state index contributed by atoms with van der Waals surface area (Å²) in [5, 5.41) is 24.2. The number of hydrogen-bond donors (Lipinski definition) is 3. The van der Waals surface area contributed by atoms with Crippen molar-refractivity contribution in [1.82, 2.24) is 0 Å². The van der Waals surface area contributed by atoms with E-state index < -0.39 is 23.8 Å². The van der Waals surface area contributed by atoms with Crippen LogP contribution in [-0.2, 0) is 14.3 Å². The molecule has 1 saturated heterocycles. The highest BCUT2D eigenvalue weighted by Gasteiger charge is 2.52. The summed E-state index contributed by atoms with van der Waals surface area (Å²) in [5.41, 5.74) is 2.87. The lowest BCUT2D eigenvalue weighted by Gasteiger charge is -2.40. The summed E-state index contributed by atoms with van der Waals surface area (Å²) in [6.45, 7) is 0.219. The Hall–Kier alpha value is -4.80. The van der Waals surface area contributed by atoms with Gasteiger partial charge in [-0.05, 0) is 59.2 Å². The first-order valence-corrected chi connectivity index (χ1v) is 12.6. The van der Waals surface area contributed by atoms with Crippen molar-refractivity contribution in [2.24, 2.45) is 11.8 Å². The van der Waals surface area contributed by atoms with Gasteiger partial charge in [-0.15, -0.1) is 0 Å². The monoisotopic (exact) mass is 549 g/mol. The summed E-state index contributed by atoms with van der Waals surface area (Å²) in [7, 11) is 4.12. The van der Waals surface area contributed by atoms with Crippen LogP contribution in [0.2, 0.25) is 0 Å². The summed E-state index contributed by atoms with van der Waals surface area (Å²) in [6, 6.07) is 11.2. The minimum Gasteiger partial charge on any atom is -0.507 e. The van der Waals surface area contributed by atoms with Crippen LogP contribution in [0.3, 0.4) is 0 Å². The minimum absolute atomic E-state index is 0.00526. The third-order valence-electron chi connectivity index (χ3n) is 7.77. The van der Waals surface area contributed by atoms with Gasteiger partial charge in [0.1, 0.15) is 11.3 Å². The molecule has 0 amide bonds. The van der Waals surface area contributed by atoms with E-state index in [1.165, 1.54) is 33.5 Å². The molecule has 3 aromatic rings. The van der Waals surface area contributed by atoms with Gasteiger partial charge in [0, 0.05) is 17.5 Å². The molecule has 3 N–H and O–H groups in total. The first-order valence-electron chi connectivity index (χ1n) is 12.6. The van der Waals surface area contributed by atoms with E-state index in [2.05, 4.69) is 5.32 Å². The predicted octanol–water partition coefficient (Wildman–Crippen LogP) is 3.72. The van der Waals surface area contributed by atoms with Crippen LogP contribution in [0.4, 0.5) is 5.69 Å². The number of phenols is 2. The number of phenolic OH excluding ortho intramolecular Hbond substituents is 2. The van der Waals surface area contributed by atoms with Crippen LogP contribution in [0.25, 0.3) is 0 Å². The molecule has 6 rings (SSSR count). The van der Waals surface area contributed by atoms with Crippen molar-refractivity contribution in [3.63, 3.8) is 0 Å². The second-order valence-electron chi connectivity index (χ2n) is 9.75. The number of esters is 2. The van der Waals surface area contributed by atoms with Crippen LogP contribution < -0.4 is 24.3 Å². The van der Waals surface area contributed by atoms with Crippen LogP contribution in [0, 0.1) is 11.8 Å². The number of nitrogens with one attached hydrogen (secondary N) is 1. The number of cyclic esters (lactones) is 1. The van der Waals surface area contributed by atoms with Gasteiger partial charge in [-0.1, -0.05) is 0 Å². The van der Waals surface area contributed by atoms with Gasteiger partial charge >= 0.3 is 11.9 Å². The van der Waals surface area contributed by atoms with Gasteiger partial charge in [0.2, 0.25) is 12.5 Å². The molecule has 208 valence electrons. The van der Waals surface area contributed by atoms with Gasteiger partial charge in [-0.3, -0.25) is 4.79 Å². The maximum atomic E-state index is 13.3. The molecule has 3 aliphatic rings. The Morgan fingerprint density at radius 3 is 2.25 bits per heavy atom. The zero-order valence-electron chi connectivity index (χ0n) is 21.9. The van der Waals surface area contributed by atoms with E-state index in [1.807, 2.05) is 12.1 Å². The first-order chi connectivity index (χ1) is 19.3. The van der Waals surface area contributed by atoms with E-state index in [1.54, 1.807) is 18.2 Å². The van der Waals surface area contributed by atoms with Crippen LogP contribution in [0.15, 0.2) is 42.5 Å². The van der Waals surface area contributed by atoms with Crippen LogP contribution >= 0.6 is 0 Å². The lowest BCUT2D eigenvalue weighted by Crippen LogP contribution is -2.37. The summed E-state index contributed by atoms with van der Waals surface area (Å²) < 4.78 is 32.6. The number of benzene rings is 3. The number of fused-ring (bicyclic) bond motifs is 3. The molecule has 0 bridgehead atoms. The smallest absolute Gasteiger partial charge is 0.341 e. The van der Waals surface area contributed by atoms with Crippen LogP contribution in [-0.4, -0.2) is 56.9 Å². The zero-order chi connectivity index (χ0) is 28.1. The number of ether oxygens (including phenoxy) is 6. The number of methoxy groups -OCH3 is 3. The zero-order valence-corrected chi connectivity index (χ0v) is 21.9. The second kappa shape index (κ2) is 9.74. The Kier molecular flexibility index (Phi) is 6.21. The van der Waals surface area contributed by atoms with E-state index >= 15 is 0 Å². The Labute approximate surface area is 229 Å². The molecule has 0 aromatic heterocycles. The van der Waals surface area contributed by atoms with E-state index in [-0.39, 0.29) is 53.8 Å². The molecule has 11 nitrogen and oxygen atoms in total. The van der Waals surface area contributed by atoms with E-state index in [4.69, 9.17) is 28.4 Å². The normalized spacial score (nSPS) is 22.1. The quantitative estimate of drug-likeness (QED) is 0.306. The lowest BCUT2D eigenvalue weighted by molar-refractivity contribution is -0.141. The highest BCUT2D eigenvalue weighted by Crippen LogP contribution is 2.56. The number of anilines is 1. The highest BCUT2D eigenvalue weighted by atomic mass is 16.7. The Morgan fingerprint density at radius 2 is 1.60 bits per heavy atom. The van der Waals surface area contributed by atoms with E-state index in [9.17, 15) is 19.8 Å². The number of hydrogen-bond acceptors (Lipinski definition) is 11. The molecule has 1 aliphatic carbocycles. The predicted molar refractivity (Wildman–Crippen MR) is 139 cm³/mol. The van der Waals surface area contributed by atoms with E-state index in [0.717, 1.165) is 11.1 Å². The number of carbonyl (C=O) groups excluding carboxylic acids is 2.